The Morgan fingerprint density at radius 2 is 2.08 bits per heavy atom. The van der Waals surface area contributed by atoms with Crippen molar-refractivity contribution in [2.24, 2.45) is 5.92 Å². The van der Waals surface area contributed by atoms with Crippen molar-refractivity contribution in [3.8, 4) is 11.4 Å². The van der Waals surface area contributed by atoms with Gasteiger partial charge in [-0.2, -0.15) is 0 Å². The monoisotopic (exact) mass is 329 g/mol. The number of nitrogens with one attached hydrogen (secondary N) is 1. The zero-order chi connectivity index (χ0) is 17.2. The molecule has 1 aromatic carbocycles. The Morgan fingerprint density at radius 1 is 1.16 bits per heavy atom. The minimum atomic E-state index is -0.00266. The highest BCUT2D eigenvalue weighted by atomic mass is 16.1. The lowest BCUT2D eigenvalue weighted by Crippen LogP contribution is -2.09. The van der Waals surface area contributed by atoms with E-state index < -0.39 is 0 Å². The molecular formula is C21H19N3O. The van der Waals surface area contributed by atoms with Crippen LogP contribution in [0.25, 0.3) is 22.4 Å². The molecule has 1 N–H and O–H groups in total. The molecule has 0 fully saturated rings. The summed E-state index contributed by atoms with van der Waals surface area (Å²) in [5.74, 6) is 1.02. The Bertz CT molecular complexity index is 983. The zero-order valence-corrected chi connectivity index (χ0v) is 14.1. The van der Waals surface area contributed by atoms with E-state index in [2.05, 4.69) is 39.2 Å². The number of aromatic nitrogens is 3. The number of fused-ring (bicyclic) bond motifs is 1. The minimum Gasteiger partial charge on any atom is -0.338 e. The first-order valence-electron chi connectivity index (χ1n) is 8.51. The van der Waals surface area contributed by atoms with Crippen LogP contribution in [0.2, 0.25) is 0 Å². The summed E-state index contributed by atoms with van der Waals surface area (Å²) >= 11 is 0. The second kappa shape index (κ2) is 6.48. The molecule has 2 heterocycles. The van der Waals surface area contributed by atoms with E-state index in [9.17, 15) is 4.79 Å². The minimum absolute atomic E-state index is 0.00266. The van der Waals surface area contributed by atoms with Crippen molar-refractivity contribution in [1.29, 1.82) is 0 Å². The van der Waals surface area contributed by atoms with Gasteiger partial charge in [0.05, 0.1) is 11.0 Å². The summed E-state index contributed by atoms with van der Waals surface area (Å²) in [4.78, 5) is 23.7. The molecule has 3 aromatic rings. The van der Waals surface area contributed by atoms with Crippen LogP contribution in [0.5, 0.6) is 0 Å². The van der Waals surface area contributed by atoms with E-state index in [-0.39, 0.29) is 11.7 Å². The molecule has 0 saturated carbocycles. The van der Waals surface area contributed by atoms with Crippen molar-refractivity contribution in [1.82, 2.24) is 15.0 Å². The summed E-state index contributed by atoms with van der Waals surface area (Å²) in [5.41, 5.74) is 5.46. The molecule has 25 heavy (non-hydrogen) atoms. The molecule has 2 aromatic heterocycles. The van der Waals surface area contributed by atoms with Crippen LogP contribution in [0.3, 0.4) is 0 Å². The topological polar surface area (TPSA) is 58.6 Å². The standard InChI is InChI=1S/C21H19N3O/c1-14-11-15(7-9-20(14)25)4-5-16-6-8-18-19(12-16)24-21(23-18)17-3-2-10-22-13-17/h2-3,6-14H,4-5H2,1H3,(H,23,24). The number of pyridine rings is 1. The molecule has 1 atom stereocenters. The van der Waals surface area contributed by atoms with Crippen molar-refractivity contribution >= 4 is 16.8 Å². The highest BCUT2D eigenvalue weighted by molar-refractivity contribution is 5.94. The van der Waals surface area contributed by atoms with Crippen molar-refractivity contribution in [3.63, 3.8) is 0 Å². The molecule has 1 aliphatic carbocycles. The van der Waals surface area contributed by atoms with Gasteiger partial charge in [-0.15, -0.1) is 0 Å². The fraction of sp³-hybridized carbons (Fsp3) is 0.190. The molecular weight excluding hydrogens is 310 g/mol. The summed E-state index contributed by atoms with van der Waals surface area (Å²) in [6.45, 7) is 1.95. The number of rotatable bonds is 4. The number of aryl methyl sites for hydroxylation is 1. The lowest BCUT2D eigenvalue weighted by Gasteiger charge is -2.11. The van der Waals surface area contributed by atoms with Gasteiger partial charge in [0, 0.05) is 23.9 Å². The largest absolute Gasteiger partial charge is 0.338 e. The van der Waals surface area contributed by atoms with E-state index in [1.807, 2.05) is 31.3 Å². The van der Waals surface area contributed by atoms with Crippen molar-refractivity contribution in [2.45, 2.75) is 19.8 Å². The highest BCUT2D eigenvalue weighted by Crippen LogP contribution is 2.23. The van der Waals surface area contributed by atoms with E-state index in [0.29, 0.717) is 0 Å². The molecule has 0 amide bonds. The number of hydrogen-bond donors (Lipinski definition) is 1. The predicted octanol–water partition coefficient (Wildman–Crippen LogP) is 4.26. The van der Waals surface area contributed by atoms with Gasteiger partial charge in [-0.1, -0.05) is 30.7 Å². The van der Waals surface area contributed by atoms with Gasteiger partial charge in [0.15, 0.2) is 5.78 Å². The number of carbonyl (C=O) groups excluding carboxylic acids is 1. The smallest absolute Gasteiger partial charge is 0.162 e. The molecule has 0 radical (unpaired) electrons. The van der Waals surface area contributed by atoms with E-state index in [0.717, 1.165) is 35.3 Å². The van der Waals surface area contributed by atoms with Crippen LogP contribution in [0, 0.1) is 5.92 Å². The first kappa shape index (κ1) is 15.5. The van der Waals surface area contributed by atoms with Gasteiger partial charge >= 0.3 is 0 Å². The van der Waals surface area contributed by atoms with Gasteiger partial charge in [-0.25, -0.2) is 4.98 Å². The predicted molar refractivity (Wildman–Crippen MR) is 99.0 cm³/mol. The number of carbonyl (C=O) groups is 1. The maximum atomic E-state index is 11.5. The third kappa shape index (κ3) is 3.29. The maximum absolute atomic E-state index is 11.5. The second-order valence-electron chi connectivity index (χ2n) is 6.44. The highest BCUT2D eigenvalue weighted by Gasteiger charge is 2.12. The van der Waals surface area contributed by atoms with Crippen molar-refractivity contribution in [2.75, 3.05) is 0 Å². The van der Waals surface area contributed by atoms with E-state index in [1.54, 1.807) is 12.3 Å². The van der Waals surface area contributed by atoms with Gasteiger partial charge in [-0.05, 0) is 48.7 Å². The number of allylic oxidation sites excluding steroid dienone is 4. The number of H-pyrrole nitrogens is 1. The average Bonchev–Trinajstić information content (AvgIpc) is 3.07. The van der Waals surface area contributed by atoms with Gasteiger partial charge in [0.2, 0.25) is 0 Å². The molecule has 4 nitrogen and oxygen atoms in total. The Hall–Kier alpha value is -3.01. The Balaban J connectivity index is 1.53. The molecule has 4 heteroatoms. The Kier molecular flexibility index (Phi) is 4.02. The molecule has 0 aliphatic heterocycles. The SMILES string of the molecule is CC1C=C(CCc2ccc3nc(-c4cccnc4)[nH]c3c2)C=CC1=O. The summed E-state index contributed by atoms with van der Waals surface area (Å²) in [7, 11) is 0. The molecule has 0 bridgehead atoms. The summed E-state index contributed by atoms with van der Waals surface area (Å²) in [5, 5.41) is 0. The molecule has 124 valence electrons. The van der Waals surface area contributed by atoms with E-state index in [1.165, 1.54) is 11.1 Å². The normalized spacial score (nSPS) is 17.1. The molecule has 0 saturated heterocycles. The second-order valence-corrected chi connectivity index (χ2v) is 6.44. The van der Waals surface area contributed by atoms with Gasteiger partial charge in [0.25, 0.3) is 0 Å². The molecule has 4 rings (SSSR count). The Labute approximate surface area is 146 Å². The number of ketones is 1. The van der Waals surface area contributed by atoms with Crippen LogP contribution >= 0.6 is 0 Å². The van der Waals surface area contributed by atoms with Gasteiger partial charge in [0.1, 0.15) is 5.82 Å². The van der Waals surface area contributed by atoms with Crippen molar-refractivity contribution < 1.29 is 4.79 Å². The lowest BCUT2D eigenvalue weighted by molar-refractivity contribution is -0.116. The first-order chi connectivity index (χ1) is 12.2. The zero-order valence-electron chi connectivity index (χ0n) is 14.1. The summed E-state index contributed by atoms with van der Waals surface area (Å²) in [6.07, 6.45) is 11.1. The van der Waals surface area contributed by atoms with E-state index >= 15 is 0 Å². The van der Waals surface area contributed by atoms with Crippen LogP contribution in [0.15, 0.2) is 66.5 Å². The third-order valence-corrected chi connectivity index (χ3v) is 4.56. The van der Waals surface area contributed by atoms with Crippen molar-refractivity contribution in [3.05, 3.63) is 72.1 Å². The summed E-state index contributed by atoms with van der Waals surface area (Å²) < 4.78 is 0. The van der Waals surface area contributed by atoms with Gasteiger partial charge < -0.3 is 4.98 Å². The number of imidazole rings is 1. The van der Waals surface area contributed by atoms with Crippen LogP contribution in [0.4, 0.5) is 0 Å². The van der Waals surface area contributed by atoms with Crippen LogP contribution < -0.4 is 0 Å². The molecule has 1 aliphatic rings. The van der Waals surface area contributed by atoms with Crippen LogP contribution in [-0.2, 0) is 11.2 Å². The van der Waals surface area contributed by atoms with E-state index in [4.69, 9.17) is 0 Å². The number of hydrogen-bond acceptors (Lipinski definition) is 3. The molecule has 0 spiro atoms. The molecule has 1 unspecified atom stereocenters. The fourth-order valence-electron chi connectivity index (χ4n) is 3.11. The Morgan fingerprint density at radius 3 is 2.88 bits per heavy atom. The van der Waals surface area contributed by atoms with Gasteiger partial charge in [-0.3, -0.25) is 9.78 Å². The number of benzene rings is 1. The average molecular weight is 329 g/mol. The lowest BCUT2D eigenvalue weighted by atomic mass is 9.93. The first-order valence-corrected chi connectivity index (χ1v) is 8.51. The quantitative estimate of drug-likeness (QED) is 0.778. The number of aromatic amines is 1. The number of nitrogens with zero attached hydrogens (tertiary/aromatic N) is 2. The fourth-order valence-corrected chi connectivity index (χ4v) is 3.11. The van der Waals surface area contributed by atoms with Crippen LogP contribution in [-0.4, -0.2) is 20.7 Å². The van der Waals surface area contributed by atoms with Crippen LogP contribution in [0.1, 0.15) is 18.9 Å². The maximum Gasteiger partial charge on any atom is 0.162 e. The summed E-state index contributed by atoms with van der Waals surface area (Å²) in [6, 6.07) is 10.2. The third-order valence-electron chi connectivity index (χ3n) is 4.56.